The molecule has 0 bridgehead atoms. The number of benzene rings is 1. The Hall–Kier alpha value is -1.60. The number of rotatable bonds is 4. The molecule has 1 heterocycles. The van der Waals surface area contributed by atoms with E-state index in [0.717, 1.165) is 17.8 Å². The molecule has 0 spiro atoms. The van der Waals surface area contributed by atoms with Gasteiger partial charge in [-0.05, 0) is 42.5 Å². The molecule has 0 saturated heterocycles. The maximum atomic E-state index is 12.0. The normalized spacial score (nSPS) is 18.6. The number of nitrogens with one attached hydrogen (secondary N) is 1. The molecule has 1 saturated carbocycles. The van der Waals surface area contributed by atoms with Crippen LogP contribution in [0.2, 0.25) is 0 Å². The first-order chi connectivity index (χ1) is 8.92. The summed E-state index contributed by atoms with van der Waals surface area (Å²) in [5.41, 5.74) is 2.12. The van der Waals surface area contributed by atoms with Crippen LogP contribution in [0.15, 0.2) is 18.2 Å². The van der Waals surface area contributed by atoms with Crippen molar-refractivity contribution < 1.29 is 13.2 Å². The molecule has 19 heavy (non-hydrogen) atoms. The van der Waals surface area contributed by atoms with Crippen LogP contribution in [-0.4, -0.2) is 20.9 Å². The first-order valence-corrected chi connectivity index (χ1v) is 7.71. The second-order valence-electron chi connectivity index (χ2n) is 5.12. The molecule has 0 atom stereocenters. The average molecular weight is 281 g/mol. The number of hydrogen-bond acceptors (Lipinski definition) is 3. The van der Waals surface area contributed by atoms with Gasteiger partial charge in [-0.15, -0.1) is 0 Å². The number of carbonyl (C=O) groups excluding carboxylic acids is 1. The van der Waals surface area contributed by atoms with Gasteiger partial charge >= 0.3 is 0 Å². The van der Waals surface area contributed by atoms with Crippen LogP contribution in [0.5, 0.6) is 0 Å². The van der Waals surface area contributed by atoms with Gasteiger partial charge in [0.05, 0.1) is 12.1 Å². The van der Waals surface area contributed by atoms with Crippen LogP contribution < -0.4 is 14.8 Å². The average Bonchev–Trinajstić information content (AvgIpc) is 3.03. The molecule has 1 aromatic rings. The van der Waals surface area contributed by atoms with Crippen molar-refractivity contribution in [1.29, 1.82) is 0 Å². The van der Waals surface area contributed by atoms with E-state index in [0.29, 0.717) is 18.0 Å². The lowest BCUT2D eigenvalue weighted by Crippen LogP contribution is -2.28. The van der Waals surface area contributed by atoms with Gasteiger partial charge in [0.25, 0.3) is 10.2 Å². The Morgan fingerprint density at radius 2 is 2.11 bits per heavy atom. The van der Waals surface area contributed by atoms with Crippen molar-refractivity contribution in [2.75, 3.05) is 16.2 Å². The smallest absolute Gasteiger partial charge is 0.296 e. The first-order valence-electron chi connectivity index (χ1n) is 6.16. The molecular weight excluding hydrogens is 266 g/mol. The minimum atomic E-state index is -3.78. The molecule has 2 aliphatic rings. The molecule has 1 aromatic carbocycles. The third-order valence-electron chi connectivity index (χ3n) is 3.41. The van der Waals surface area contributed by atoms with Crippen LogP contribution in [-0.2, 0) is 21.4 Å². The third-order valence-corrected chi connectivity index (χ3v) is 3.93. The second-order valence-corrected chi connectivity index (χ2v) is 6.41. The largest absolute Gasteiger partial charge is 0.312 e. The molecule has 0 unspecified atom stereocenters. The Morgan fingerprint density at radius 1 is 1.37 bits per heavy atom. The zero-order valence-electron chi connectivity index (χ0n) is 10.3. The number of nitrogens with zero attached hydrogens (tertiary/aromatic N) is 1. The summed E-state index contributed by atoms with van der Waals surface area (Å²) in [7, 11) is -3.78. The van der Waals surface area contributed by atoms with E-state index in [2.05, 4.69) is 4.72 Å². The van der Waals surface area contributed by atoms with E-state index in [1.807, 2.05) is 0 Å². The van der Waals surface area contributed by atoms with Gasteiger partial charge < -0.3 is 4.90 Å². The van der Waals surface area contributed by atoms with Crippen LogP contribution >= 0.6 is 0 Å². The van der Waals surface area contributed by atoms with Gasteiger partial charge in [-0.1, -0.05) is 0 Å². The van der Waals surface area contributed by atoms with Gasteiger partial charge in [0.15, 0.2) is 0 Å². The standard InChI is InChI=1S/C12H15N3O3S/c13-19(17,18)14-10-3-4-11-9(5-10)6-12(16)15(11)7-8-1-2-8/h3-5,8,14H,1-2,6-7H2,(H2,13,17,18). The maximum absolute atomic E-state index is 12.0. The fourth-order valence-corrected chi connectivity index (χ4v) is 2.83. The highest BCUT2D eigenvalue weighted by Gasteiger charge is 2.32. The van der Waals surface area contributed by atoms with Crippen molar-refractivity contribution in [3.63, 3.8) is 0 Å². The van der Waals surface area contributed by atoms with Gasteiger partial charge in [-0.25, -0.2) is 5.14 Å². The van der Waals surface area contributed by atoms with E-state index < -0.39 is 10.2 Å². The Morgan fingerprint density at radius 3 is 2.74 bits per heavy atom. The highest BCUT2D eigenvalue weighted by atomic mass is 32.2. The summed E-state index contributed by atoms with van der Waals surface area (Å²) in [4.78, 5) is 13.8. The lowest BCUT2D eigenvalue weighted by molar-refractivity contribution is -0.117. The molecule has 3 N–H and O–H groups in total. The molecule has 1 aliphatic heterocycles. The van der Waals surface area contributed by atoms with Crippen molar-refractivity contribution in [3.05, 3.63) is 23.8 Å². The molecule has 3 rings (SSSR count). The highest BCUT2D eigenvalue weighted by Crippen LogP contribution is 2.36. The summed E-state index contributed by atoms with van der Waals surface area (Å²) in [6.07, 6.45) is 2.69. The summed E-state index contributed by atoms with van der Waals surface area (Å²) in [5, 5.41) is 4.93. The molecule has 1 fully saturated rings. The Bertz CT molecular complexity index is 638. The predicted octanol–water partition coefficient (Wildman–Crippen LogP) is 0.601. The van der Waals surface area contributed by atoms with Crippen molar-refractivity contribution in [3.8, 4) is 0 Å². The van der Waals surface area contributed by atoms with Gasteiger partial charge in [0.1, 0.15) is 0 Å². The predicted molar refractivity (Wildman–Crippen MR) is 72.0 cm³/mol. The number of carbonyl (C=O) groups is 1. The van der Waals surface area contributed by atoms with E-state index in [4.69, 9.17) is 5.14 Å². The quantitative estimate of drug-likeness (QED) is 0.846. The number of anilines is 2. The van der Waals surface area contributed by atoms with E-state index in [1.54, 1.807) is 23.1 Å². The van der Waals surface area contributed by atoms with E-state index >= 15 is 0 Å². The molecule has 102 valence electrons. The summed E-state index contributed by atoms with van der Waals surface area (Å²) in [6, 6.07) is 5.07. The maximum Gasteiger partial charge on any atom is 0.296 e. The molecule has 0 radical (unpaired) electrons. The Kier molecular flexibility index (Phi) is 2.75. The van der Waals surface area contributed by atoms with Gasteiger partial charge in [0.2, 0.25) is 5.91 Å². The summed E-state index contributed by atoms with van der Waals surface area (Å²) in [6.45, 7) is 0.772. The Balaban J connectivity index is 1.86. The zero-order valence-corrected chi connectivity index (χ0v) is 11.1. The number of nitrogens with two attached hydrogens (primary N) is 1. The lowest BCUT2D eigenvalue weighted by atomic mass is 10.1. The Labute approximate surface area is 111 Å². The number of hydrogen-bond donors (Lipinski definition) is 2. The van der Waals surface area contributed by atoms with Crippen LogP contribution in [0.3, 0.4) is 0 Å². The lowest BCUT2D eigenvalue weighted by Gasteiger charge is -2.17. The van der Waals surface area contributed by atoms with Crippen LogP contribution in [0.1, 0.15) is 18.4 Å². The molecule has 1 amide bonds. The number of amides is 1. The zero-order chi connectivity index (χ0) is 13.6. The van der Waals surface area contributed by atoms with Gasteiger partial charge in [-0.2, -0.15) is 8.42 Å². The summed E-state index contributed by atoms with van der Waals surface area (Å²) < 4.78 is 24.2. The fraction of sp³-hybridized carbons (Fsp3) is 0.417. The minimum absolute atomic E-state index is 0.0784. The molecular formula is C12H15N3O3S. The van der Waals surface area contributed by atoms with Crippen molar-refractivity contribution in [1.82, 2.24) is 0 Å². The molecule has 7 heteroatoms. The topological polar surface area (TPSA) is 92.5 Å². The summed E-state index contributed by atoms with van der Waals surface area (Å²) in [5.74, 6) is 0.701. The van der Waals surface area contributed by atoms with Crippen molar-refractivity contribution in [2.45, 2.75) is 19.3 Å². The van der Waals surface area contributed by atoms with Crippen LogP contribution in [0, 0.1) is 5.92 Å². The third kappa shape index (κ3) is 2.71. The minimum Gasteiger partial charge on any atom is -0.312 e. The molecule has 1 aliphatic carbocycles. The molecule has 6 nitrogen and oxygen atoms in total. The summed E-state index contributed by atoms with van der Waals surface area (Å²) >= 11 is 0. The van der Waals surface area contributed by atoms with Crippen LogP contribution in [0.4, 0.5) is 11.4 Å². The highest BCUT2D eigenvalue weighted by molar-refractivity contribution is 7.90. The SMILES string of the molecule is NS(=O)(=O)Nc1ccc2c(c1)CC(=O)N2CC1CC1. The van der Waals surface area contributed by atoms with E-state index in [-0.39, 0.29) is 5.91 Å². The first kappa shape index (κ1) is 12.4. The van der Waals surface area contributed by atoms with Gasteiger partial charge in [0, 0.05) is 12.2 Å². The molecule has 0 aromatic heterocycles. The van der Waals surface area contributed by atoms with Gasteiger partial charge in [-0.3, -0.25) is 9.52 Å². The van der Waals surface area contributed by atoms with Crippen LogP contribution in [0.25, 0.3) is 0 Å². The fourth-order valence-electron chi connectivity index (χ4n) is 2.37. The van der Waals surface area contributed by atoms with Crippen molar-refractivity contribution >= 4 is 27.5 Å². The van der Waals surface area contributed by atoms with Crippen molar-refractivity contribution in [2.24, 2.45) is 11.1 Å². The monoisotopic (exact) mass is 281 g/mol. The van der Waals surface area contributed by atoms with E-state index in [1.165, 1.54) is 12.8 Å². The van der Waals surface area contributed by atoms with E-state index in [9.17, 15) is 13.2 Å². The second kappa shape index (κ2) is 4.21. The number of fused-ring (bicyclic) bond motifs is 1.